The van der Waals surface area contributed by atoms with Gasteiger partial charge in [0, 0.05) is 6.54 Å². The van der Waals surface area contributed by atoms with E-state index in [1.54, 1.807) is 7.11 Å². The van der Waals surface area contributed by atoms with Crippen molar-refractivity contribution in [2.45, 2.75) is 19.4 Å². The Bertz CT molecular complexity index is 435. The minimum Gasteiger partial charge on any atom is -0.497 e. The summed E-state index contributed by atoms with van der Waals surface area (Å²) >= 11 is 0. The summed E-state index contributed by atoms with van der Waals surface area (Å²) in [6, 6.07) is 8.06. The van der Waals surface area contributed by atoms with Crippen molar-refractivity contribution in [3.63, 3.8) is 0 Å². The molecule has 0 fully saturated rings. The molecule has 0 aromatic heterocycles. The van der Waals surface area contributed by atoms with Crippen LogP contribution in [-0.4, -0.2) is 51.6 Å². The maximum atomic E-state index is 11.8. The molecule has 5 heteroatoms. The fourth-order valence-corrected chi connectivity index (χ4v) is 2.10. The molecule has 0 spiro atoms. The second-order valence-electron chi connectivity index (χ2n) is 5.24. The number of carbonyl (C=O) groups excluding carboxylic acids is 1. The SMILES string of the molecule is CCCNCC(=O)NCC(c1cccc(OC)c1)N(C)C. The van der Waals surface area contributed by atoms with Crippen molar-refractivity contribution in [3.8, 4) is 5.75 Å². The number of hydrogen-bond acceptors (Lipinski definition) is 4. The van der Waals surface area contributed by atoms with Gasteiger partial charge in [-0.15, -0.1) is 0 Å². The van der Waals surface area contributed by atoms with Gasteiger partial charge in [-0.2, -0.15) is 0 Å². The van der Waals surface area contributed by atoms with Crippen molar-refractivity contribution in [1.29, 1.82) is 0 Å². The number of carbonyl (C=O) groups is 1. The molecule has 0 bridgehead atoms. The van der Waals surface area contributed by atoms with Gasteiger partial charge >= 0.3 is 0 Å². The van der Waals surface area contributed by atoms with Gasteiger partial charge in [0.2, 0.25) is 5.91 Å². The van der Waals surface area contributed by atoms with E-state index in [1.165, 1.54) is 0 Å². The predicted molar refractivity (Wildman–Crippen MR) is 85.6 cm³/mol. The van der Waals surface area contributed by atoms with E-state index in [2.05, 4.69) is 28.5 Å². The van der Waals surface area contributed by atoms with Crippen LogP contribution in [0.5, 0.6) is 5.75 Å². The van der Waals surface area contributed by atoms with Crippen LogP contribution in [0.15, 0.2) is 24.3 Å². The number of nitrogens with one attached hydrogen (secondary N) is 2. The van der Waals surface area contributed by atoms with Crippen LogP contribution in [0.4, 0.5) is 0 Å². The van der Waals surface area contributed by atoms with Crippen LogP contribution in [0.25, 0.3) is 0 Å². The monoisotopic (exact) mass is 293 g/mol. The van der Waals surface area contributed by atoms with Crippen LogP contribution in [0.2, 0.25) is 0 Å². The maximum absolute atomic E-state index is 11.8. The molecule has 0 aliphatic heterocycles. The number of amides is 1. The first-order valence-electron chi connectivity index (χ1n) is 7.36. The molecule has 21 heavy (non-hydrogen) atoms. The predicted octanol–water partition coefficient (Wildman–Crippen LogP) is 1.41. The van der Waals surface area contributed by atoms with Gasteiger partial charge in [0.15, 0.2) is 0 Å². The summed E-state index contributed by atoms with van der Waals surface area (Å²) in [5.41, 5.74) is 1.13. The highest BCUT2D eigenvalue weighted by molar-refractivity contribution is 5.78. The third kappa shape index (κ3) is 6.14. The first kappa shape index (κ1) is 17.5. The third-order valence-electron chi connectivity index (χ3n) is 3.31. The Morgan fingerprint density at radius 2 is 2.14 bits per heavy atom. The van der Waals surface area contributed by atoms with E-state index in [4.69, 9.17) is 4.74 Å². The normalized spacial score (nSPS) is 12.2. The Kier molecular flexibility index (Phi) is 7.79. The molecule has 0 saturated heterocycles. The lowest BCUT2D eigenvalue weighted by atomic mass is 10.1. The van der Waals surface area contributed by atoms with Crippen LogP contribution in [-0.2, 0) is 4.79 Å². The second kappa shape index (κ2) is 9.37. The molecule has 1 aromatic rings. The number of likely N-dealkylation sites (N-methyl/N-ethyl adjacent to an activating group) is 1. The van der Waals surface area contributed by atoms with Crippen molar-refractivity contribution >= 4 is 5.91 Å². The largest absolute Gasteiger partial charge is 0.497 e. The third-order valence-corrected chi connectivity index (χ3v) is 3.31. The molecule has 0 radical (unpaired) electrons. The van der Waals surface area contributed by atoms with Crippen molar-refractivity contribution in [2.24, 2.45) is 0 Å². The Morgan fingerprint density at radius 3 is 2.76 bits per heavy atom. The zero-order chi connectivity index (χ0) is 15.7. The Labute approximate surface area is 127 Å². The number of hydrogen-bond donors (Lipinski definition) is 2. The quantitative estimate of drug-likeness (QED) is 0.676. The lowest BCUT2D eigenvalue weighted by molar-refractivity contribution is -0.120. The van der Waals surface area contributed by atoms with Gasteiger partial charge in [-0.25, -0.2) is 0 Å². The Morgan fingerprint density at radius 1 is 1.38 bits per heavy atom. The van der Waals surface area contributed by atoms with Gasteiger partial charge in [-0.05, 0) is 44.8 Å². The summed E-state index contributed by atoms with van der Waals surface area (Å²) in [5, 5.41) is 6.08. The molecule has 1 unspecified atom stereocenters. The molecular formula is C16H27N3O2. The molecule has 0 saturated carbocycles. The number of ether oxygens (including phenoxy) is 1. The van der Waals surface area contributed by atoms with Crippen LogP contribution in [0.3, 0.4) is 0 Å². The maximum Gasteiger partial charge on any atom is 0.234 e. The summed E-state index contributed by atoms with van der Waals surface area (Å²) in [6.45, 7) is 3.88. The van der Waals surface area contributed by atoms with E-state index in [0.29, 0.717) is 13.1 Å². The minimum absolute atomic E-state index is 0.0261. The molecule has 5 nitrogen and oxygen atoms in total. The lowest BCUT2D eigenvalue weighted by Gasteiger charge is -2.25. The topological polar surface area (TPSA) is 53.6 Å². The molecule has 0 aliphatic carbocycles. The molecular weight excluding hydrogens is 266 g/mol. The molecule has 1 rings (SSSR count). The number of nitrogens with zero attached hydrogens (tertiary/aromatic N) is 1. The number of rotatable bonds is 9. The number of methoxy groups -OCH3 is 1. The molecule has 2 N–H and O–H groups in total. The highest BCUT2D eigenvalue weighted by Crippen LogP contribution is 2.21. The van der Waals surface area contributed by atoms with Crippen LogP contribution >= 0.6 is 0 Å². The van der Waals surface area contributed by atoms with Gasteiger partial charge in [0.25, 0.3) is 0 Å². The summed E-state index contributed by atoms with van der Waals surface area (Å²) in [4.78, 5) is 13.9. The van der Waals surface area contributed by atoms with Crippen molar-refractivity contribution in [1.82, 2.24) is 15.5 Å². The fraction of sp³-hybridized carbons (Fsp3) is 0.562. The van der Waals surface area contributed by atoms with E-state index in [0.717, 1.165) is 24.3 Å². The van der Waals surface area contributed by atoms with Crippen molar-refractivity contribution < 1.29 is 9.53 Å². The first-order chi connectivity index (χ1) is 10.1. The smallest absolute Gasteiger partial charge is 0.234 e. The average Bonchev–Trinajstić information content (AvgIpc) is 2.47. The van der Waals surface area contributed by atoms with Gasteiger partial charge < -0.3 is 20.3 Å². The van der Waals surface area contributed by atoms with E-state index >= 15 is 0 Å². The highest BCUT2D eigenvalue weighted by Gasteiger charge is 2.15. The fourth-order valence-electron chi connectivity index (χ4n) is 2.10. The summed E-state index contributed by atoms with van der Waals surface area (Å²) in [5.74, 6) is 0.855. The molecule has 1 atom stereocenters. The highest BCUT2D eigenvalue weighted by atomic mass is 16.5. The molecule has 1 amide bonds. The van der Waals surface area contributed by atoms with Gasteiger partial charge in [-0.1, -0.05) is 19.1 Å². The van der Waals surface area contributed by atoms with Gasteiger partial charge in [0.05, 0.1) is 19.7 Å². The van der Waals surface area contributed by atoms with Crippen molar-refractivity contribution in [2.75, 3.05) is 40.8 Å². The summed E-state index contributed by atoms with van der Waals surface area (Å²) < 4.78 is 5.26. The zero-order valence-corrected chi connectivity index (χ0v) is 13.5. The molecule has 1 aromatic carbocycles. The first-order valence-corrected chi connectivity index (χ1v) is 7.36. The Hall–Kier alpha value is -1.59. The molecule has 0 aliphatic rings. The summed E-state index contributed by atoms with van der Waals surface area (Å²) in [6.07, 6.45) is 1.03. The number of benzene rings is 1. The zero-order valence-electron chi connectivity index (χ0n) is 13.5. The average molecular weight is 293 g/mol. The van der Waals surface area contributed by atoms with Crippen molar-refractivity contribution in [3.05, 3.63) is 29.8 Å². The standard InChI is InChI=1S/C16H27N3O2/c1-5-9-17-12-16(20)18-11-15(19(2)3)13-7-6-8-14(10-13)21-4/h6-8,10,15,17H,5,9,11-12H2,1-4H3,(H,18,20). The molecule has 0 heterocycles. The summed E-state index contributed by atoms with van der Waals surface area (Å²) in [7, 11) is 5.67. The van der Waals surface area contributed by atoms with E-state index in [9.17, 15) is 4.79 Å². The second-order valence-corrected chi connectivity index (χ2v) is 5.24. The van der Waals surface area contributed by atoms with Gasteiger partial charge in [-0.3, -0.25) is 4.79 Å². The molecule has 118 valence electrons. The van der Waals surface area contributed by atoms with E-state index in [-0.39, 0.29) is 11.9 Å². The Balaban J connectivity index is 2.59. The van der Waals surface area contributed by atoms with Gasteiger partial charge in [0.1, 0.15) is 5.75 Å². The van der Waals surface area contributed by atoms with Crippen LogP contribution in [0, 0.1) is 0 Å². The van der Waals surface area contributed by atoms with Crippen LogP contribution in [0.1, 0.15) is 24.9 Å². The van der Waals surface area contributed by atoms with E-state index in [1.807, 2.05) is 32.3 Å². The minimum atomic E-state index is 0.0261. The lowest BCUT2D eigenvalue weighted by Crippen LogP contribution is -2.39. The van der Waals surface area contributed by atoms with Crippen LogP contribution < -0.4 is 15.4 Å². The van der Waals surface area contributed by atoms with E-state index < -0.39 is 0 Å².